The van der Waals surface area contributed by atoms with Gasteiger partial charge in [-0.15, -0.1) is 0 Å². The molecule has 0 saturated carbocycles. The van der Waals surface area contributed by atoms with Gasteiger partial charge in [0.05, 0.1) is 19.3 Å². The van der Waals surface area contributed by atoms with Gasteiger partial charge in [-0.2, -0.15) is 17.0 Å². The summed E-state index contributed by atoms with van der Waals surface area (Å²) in [6.07, 6.45) is 4.26. The van der Waals surface area contributed by atoms with Crippen molar-refractivity contribution in [1.29, 1.82) is 0 Å². The summed E-state index contributed by atoms with van der Waals surface area (Å²) < 4.78 is 33.8. The van der Waals surface area contributed by atoms with Crippen LogP contribution >= 0.6 is 0 Å². The van der Waals surface area contributed by atoms with Gasteiger partial charge in [-0.05, 0) is 43.2 Å². The molecule has 0 radical (unpaired) electrons. The second-order valence-corrected chi connectivity index (χ2v) is 9.77. The van der Waals surface area contributed by atoms with Crippen LogP contribution in [0.5, 0.6) is 0 Å². The maximum absolute atomic E-state index is 12.8. The Morgan fingerprint density at radius 3 is 2.43 bits per heavy atom. The molecular formula is C20H29N3O4S. The Hall–Kier alpha value is -1.48. The van der Waals surface area contributed by atoms with E-state index in [1.165, 1.54) is 19.7 Å². The third-order valence-corrected chi connectivity index (χ3v) is 8.17. The molecule has 2 saturated heterocycles. The Bertz CT molecular complexity index is 799. The summed E-state index contributed by atoms with van der Waals surface area (Å²) in [4.78, 5) is 12.8. The number of amides is 1. The van der Waals surface area contributed by atoms with Crippen molar-refractivity contribution in [2.45, 2.75) is 38.1 Å². The fourth-order valence-corrected chi connectivity index (χ4v) is 6.09. The van der Waals surface area contributed by atoms with Crippen LogP contribution in [-0.4, -0.2) is 62.3 Å². The van der Waals surface area contributed by atoms with Crippen LogP contribution in [0.2, 0.25) is 0 Å². The number of nitrogens with zero attached hydrogens (tertiary/aromatic N) is 2. The van der Waals surface area contributed by atoms with E-state index in [1.54, 1.807) is 0 Å². The lowest BCUT2D eigenvalue weighted by molar-refractivity contribution is -0.127. The van der Waals surface area contributed by atoms with Gasteiger partial charge in [0.15, 0.2) is 0 Å². The Kier molecular flexibility index (Phi) is 6.01. The number of nitrogens with one attached hydrogen (secondary N) is 1. The van der Waals surface area contributed by atoms with Crippen molar-refractivity contribution in [3.8, 4) is 0 Å². The fraction of sp³-hybridized carbons (Fsp3) is 0.650. The van der Waals surface area contributed by atoms with Gasteiger partial charge in [0.25, 0.3) is 10.2 Å². The van der Waals surface area contributed by atoms with E-state index in [0.717, 1.165) is 19.3 Å². The molecule has 154 valence electrons. The van der Waals surface area contributed by atoms with Crippen molar-refractivity contribution < 1.29 is 17.9 Å². The van der Waals surface area contributed by atoms with Crippen LogP contribution in [0.4, 0.5) is 0 Å². The third kappa shape index (κ3) is 4.10. The summed E-state index contributed by atoms with van der Waals surface area (Å²) in [5, 5.41) is 3.23. The molecule has 0 aromatic heterocycles. The Morgan fingerprint density at radius 2 is 1.68 bits per heavy atom. The minimum atomic E-state index is -3.45. The molecule has 1 aromatic carbocycles. The highest BCUT2D eigenvalue weighted by Gasteiger charge is 2.36. The molecular weight excluding hydrogens is 378 g/mol. The van der Waals surface area contributed by atoms with E-state index in [4.69, 9.17) is 4.74 Å². The third-order valence-electron chi connectivity index (χ3n) is 6.13. The molecule has 0 bridgehead atoms. The number of benzene rings is 1. The first-order chi connectivity index (χ1) is 13.6. The zero-order valence-electron chi connectivity index (χ0n) is 16.2. The van der Waals surface area contributed by atoms with Crippen molar-refractivity contribution in [3.63, 3.8) is 0 Å². The molecule has 8 heteroatoms. The topological polar surface area (TPSA) is 79.0 Å². The smallest absolute Gasteiger partial charge is 0.282 e. The molecule has 2 aliphatic heterocycles. The van der Waals surface area contributed by atoms with Gasteiger partial charge in [0, 0.05) is 32.1 Å². The zero-order chi connectivity index (χ0) is 19.6. The second-order valence-electron chi connectivity index (χ2n) is 7.84. The van der Waals surface area contributed by atoms with Gasteiger partial charge in [-0.3, -0.25) is 4.79 Å². The Morgan fingerprint density at radius 1 is 1.00 bits per heavy atom. The first kappa shape index (κ1) is 19.8. The molecule has 4 rings (SSSR count). The molecule has 1 N–H and O–H groups in total. The number of fused-ring (bicyclic) bond motifs is 1. The summed E-state index contributed by atoms with van der Waals surface area (Å²) in [5.74, 6) is -0.0599. The van der Waals surface area contributed by atoms with Gasteiger partial charge in [0.1, 0.15) is 0 Å². The van der Waals surface area contributed by atoms with Gasteiger partial charge in [-0.25, -0.2) is 0 Å². The van der Waals surface area contributed by atoms with Crippen LogP contribution in [0.15, 0.2) is 24.3 Å². The van der Waals surface area contributed by atoms with Crippen molar-refractivity contribution in [3.05, 3.63) is 35.4 Å². The van der Waals surface area contributed by atoms with Crippen molar-refractivity contribution in [2.75, 3.05) is 39.4 Å². The number of carbonyl (C=O) groups excluding carboxylic acids is 1. The summed E-state index contributed by atoms with van der Waals surface area (Å²) in [5.41, 5.74) is 2.56. The van der Waals surface area contributed by atoms with Crippen LogP contribution in [0, 0.1) is 5.92 Å². The normalized spacial score (nSPS) is 25.2. The molecule has 1 unspecified atom stereocenters. The predicted molar refractivity (Wildman–Crippen MR) is 106 cm³/mol. The van der Waals surface area contributed by atoms with Crippen molar-refractivity contribution in [1.82, 2.24) is 13.9 Å². The number of piperidine rings is 1. The van der Waals surface area contributed by atoms with E-state index in [9.17, 15) is 13.2 Å². The lowest BCUT2D eigenvalue weighted by Crippen LogP contribution is -2.51. The number of carbonyl (C=O) groups is 1. The summed E-state index contributed by atoms with van der Waals surface area (Å²) in [6, 6.07) is 8.40. The number of hydrogen-bond donors (Lipinski definition) is 1. The maximum atomic E-state index is 12.8. The van der Waals surface area contributed by atoms with E-state index >= 15 is 0 Å². The number of rotatable bonds is 4. The lowest BCUT2D eigenvalue weighted by atomic mass is 9.87. The van der Waals surface area contributed by atoms with Crippen molar-refractivity contribution in [2.24, 2.45) is 5.92 Å². The summed E-state index contributed by atoms with van der Waals surface area (Å²) in [7, 11) is -3.45. The SMILES string of the molecule is O=C(NC1CCCc2ccccc21)C1CCN(S(=O)(=O)N2CCOCC2)CC1. The minimum absolute atomic E-state index is 0.0603. The van der Waals surface area contributed by atoms with Crippen LogP contribution in [0.3, 0.4) is 0 Å². The predicted octanol–water partition coefficient (Wildman–Crippen LogP) is 1.47. The van der Waals surface area contributed by atoms with Gasteiger partial charge >= 0.3 is 0 Å². The standard InChI is InChI=1S/C20H29N3O4S/c24-20(21-19-7-3-5-16-4-1-2-6-18(16)19)17-8-10-22(11-9-17)28(25,26)23-12-14-27-15-13-23/h1-2,4,6,17,19H,3,5,7-15H2,(H,21,24). The van der Waals surface area contributed by atoms with Crippen molar-refractivity contribution >= 4 is 16.1 Å². The summed E-state index contributed by atoms with van der Waals surface area (Å²) >= 11 is 0. The van der Waals surface area contributed by atoms with Crippen LogP contribution in [0.25, 0.3) is 0 Å². The molecule has 7 nitrogen and oxygen atoms in total. The van der Waals surface area contributed by atoms with E-state index in [1.807, 2.05) is 12.1 Å². The van der Waals surface area contributed by atoms with E-state index in [0.29, 0.717) is 52.2 Å². The number of aryl methyl sites for hydroxylation is 1. The number of hydrogen-bond acceptors (Lipinski definition) is 4. The quantitative estimate of drug-likeness (QED) is 0.820. The Labute approximate surface area is 167 Å². The second kappa shape index (κ2) is 8.49. The average molecular weight is 408 g/mol. The highest BCUT2D eigenvalue weighted by atomic mass is 32.2. The largest absolute Gasteiger partial charge is 0.379 e. The average Bonchev–Trinajstić information content (AvgIpc) is 2.75. The molecule has 0 spiro atoms. The van der Waals surface area contributed by atoms with E-state index < -0.39 is 10.2 Å². The van der Waals surface area contributed by atoms with Gasteiger partial charge in [0.2, 0.25) is 5.91 Å². The van der Waals surface area contributed by atoms with Crippen LogP contribution < -0.4 is 5.32 Å². The van der Waals surface area contributed by atoms with Gasteiger partial charge < -0.3 is 10.1 Å². The lowest BCUT2D eigenvalue weighted by Gasteiger charge is -2.36. The van der Waals surface area contributed by atoms with E-state index in [-0.39, 0.29) is 17.9 Å². The molecule has 28 heavy (non-hydrogen) atoms. The minimum Gasteiger partial charge on any atom is -0.379 e. The number of morpholine rings is 1. The monoisotopic (exact) mass is 407 g/mol. The Balaban J connectivity index is 1.33. The molecule has 1 amide bonds. The molecule has 2 heterocycles. The zero-order valence-corrected chi connectivity index (χ0v) is 17.0. The van der Waals surface area contributed by atoms with Crippen LogP contribution in [0.1, 0.15) is 42.9 Å². The van der Waals surface area contributed by atoms with Gasteiger partial charge in [-0.1, -0.05) is 24.3 Å². The summed E-state index contributed by atoms with van der Waals surface area (Å²) in [6.45, 7) is 2.51. The first-order valence-corrected chi connectivity index (χ1v) is 11.7. The molecule has 2 fully saturated rings. The molecule has 3 aliphatic rings. The molecule has 1 atom stereocenters. The highest BCUT2D eigenvalue weighted by Crippen LogP contribution is 2.30. The first-order valence-electron chi connectivity index (χ1n) is 10.3. The highest BCUT2D eigenvalue weighted by molar-refractivity contribution is 7.86. The maximum Gasteiger partial charge on any atom is 0.282 e. The van der Waals surface area contributed by atoms with E-state index in [2.05, 4.69) is 17.4 Å². The molecule has 1 aliphatic carbocycles. The fourth-order valence-electron chi connectivity index (χ4n) is 4.48. The molecule has 1 aromatic rings. The van der Waals surface area contributed by atoms with Crippen LogP contribution in [-0.2, 0) is 26.2 Å². The number of ether oxygens (including phenoxy) is 1.